The van der Waals surface area contributed by atoms with Crippen molar-refractivity contribution in [2.75, 3.05) is 13.2 Å². The average molecular weight is 265 g/mol. The lowest BCUT2D eigenvalue weighted by molar-refractivity contribution is -0.164. The van der Waals surface area contributed by atoms with Crippen molar-refractivity contribution in [3.05, 3.63) is 22.4 Å². The Hall–Kier alpha value is -1.36. The maximum Gasteiger partial charge on any atom is 0.332 e. The first-order valence-corrected chi connectivity index (χ1v) is 7.15. The fourth-order valence-electron chi connectivity index (χ4n) is 2.95. The van der Waals surface area contributed by atoms with Crippen LogP contribution in [0.3, 0.4) is 0 Å². The standard InChI is InChI=1S/C13H15NO3S/c15-11(10-4-3-9-18-10)14-7-8-17-12(16)13(14)5-1-2-6-13/h3-4,9H,1-2,5-8H2. The number of morpholine rings is 1. The van der Waals surface area contributed by atoms with Gasteiger partial charge in [-0.15, -0.1) is 11.3 Å². The molecule has 18 heavy (non-hydrogen) atoms. The van der Waals surface area contributed by atoms with Gasteiger partial charge in [0.25, 0.3) is 5.91 Å². The van der Waals surface area contributed by atoms with E-state index in [1.165, 1.54) is 11.3 Å². The van der Waals surface area contributed by atoms with E-state index in [9.17, 15) is 9.59 Å². The molecular weight excluding hydrogens is 250 g/mol. The van der Waals surface area contributed by atoms with Gasteiger partial charge in [-0.2, -0.15) is 0 Å². The molecule has 2 aliphatic rings. The number of nitrogens with zero attached hydrogens (tertiary/aromatic N) is 1. The lowest BCUT2D eigenvalue weighted by atomic mass is 9.93. The molecule has 1 amide bonds. The zero-order chi connectivity index (χ0) is 12.6. The van der Waals surface area contributed by atoms with Gasteiger partial charge >= 0.3 is 5.97 Å². The van der Waals surface area contributed by atoms with Gasteiger partial charge in [0, 0.05) is 0 Å². The number of rotatable bonds is 1. The Morgan fingerprint density at radius 2 is 2.17 bits per heavy atom. The van der Waals surface area contributed by atoms with E-state index in [4.69, 9.17) is 4.74 Å². The van der Waals surface area contributed by atoms with E-state index < -0.39 is 5.54 Å². The molecule has 1 aliphatic heterocycles. The molecule has 0 bridgehead atoms. The number of amides is 1. The predicted octanol–water partition coefficient (Wildman–Crippen LogP) is 2.06. The van der Waals surface area contributed by atoms with E-state index >= 15 is 0 Å². The van der Waals surface area contributed by atoms with E-state index in [0.29, 0.717) is 18.0 Å². The number of thiophene rings is 1. The second-order valence-corrected chi connectivity index (χ2v) is 5.76. The van der Waals surface area contributed by atoms with E-state index in [1.54, 1.807) is 4.90 Å². The van der Waals surface area contributed by atoms with E-state index in [2.05, 4.69) is 0 Å². The molecule has 1 saturated heterocycles. The molecule has 0 unspecified atom stereocenters. The molecule has 1 spiro atoms. The van der Waals surface area contributed by atoms with Crippen LogP contribution in [0.15, 0.2) is 17.5 Å². The topological polar surface area (TPSA) is 46.6 Å². The monoisotopic (exact) mass is 265 g/mol. The summed E-state index contributed by atoms with van der Waals surface area (Å²) in [5.74, 6) is -0.236. The molecule has 0 N–H and O–H groups in total. The summed E-state index contributed by atoms with van der Waals surface area (Å²) < 4.78 is 5.18. The molecule has 1 aromatic rings. The molecule has 2 fully saturated rings. The van der Waals surface area contributed by atoms with Crippen molar-refractivity contribution in [2.45, 2.75) is 31.2 Å². The van der Waals surface area contributed by atoms with Gasteiger partial charge in [0.2, 0.25) is 0 Å². The number of carbonyl (C=O) groups is 2. The summed E-state index contributed by atoms with van der Waals surface area (Å²) in [4.78, 5) is 27.0. The zero-order valence-electron chi connectivity index (χ0n) is 10.1. The van der Waals surface area contributed by atoms with Crippen LogP contribution >= 0.6 is 11.3 Å². The van der Waals surface area contributed by atoms with Crippen molar-refractivity contribution in [3.8, 4) is 0 Å². The van der Waals surface area contributed by atoms with Gasteiger partial charge in [-0.05, 0) is 24.3 Å². The largest absolute Gasteiger partial charge is 0.462 e. The highest BCUT2D eigenvalue weighted by Gasteiger charge is 2.51. The number of hydrogen-bond donors (Lipinski definition) is 0. The number of ether oxygens (including phenoxy) is 1. The van der Waals surface area contributed by atoms with E-state index in [-0.39, 0.29) is 11.9 Å². The third-order valence-corrected chi connectivity index (χ3v) is 4.71. The molecule has 2 heterocycles. The summed E-state index contributed by atoms with van der Waals surface area (Å²) >= 11 is 1.42. The van der Waals surface area contributed by atoms with Crippen LogP contribution in [0.1, 0.15) is 35.4 Å². The van der Waals surface area contributed by atoms with Crippen molar-refractivity contribution < 1.29 is 14.3 Å². The maximum atomic E-state index is 12.5. The fourth-order valence-corrected chi connectivity index (χ4v) is 3.62. The highest BCUT2D eigenvalue weighted by Crippen LogP contribution is 2.39. The number of cyclic esters (lactones) is 1. The van der Waals surface area contributed by atoms with Crippen LogP contribution in [0.2, 0.25) is 0 Å². The van der Waals surface area contributed by atoms with Crippen molar-refractivity contribution in [1.82, 2.24) is 4.90 Å². The number of hydrogen-bond acceptors (Lipinski definition) is 4. The predicted molar refractivity (Wildman–Crippen MR) is 67.5 cm³/mol. The van der Waals surface area contributed by atoms with Gasteiger partial charge in [0.1, 0.15) is 12.1 Å². The summed E-state index contributed by atoms with van der Waals surface area (Å²) in [5, 5.41) is 1.89. The molecule has 1 aliphatic carbocycles. The third-order valence-electron chi connectivity index (χ3n) is 3.85. The Morgan fingerprint density at radius 1 is 1.39 bits per heavy atom. The van der Waals surface area contributed by atoms with Gasteiger partial charge in [0.05, 0.1) is 11.4 Å². The summed E-state index contributed by atoms with van der Waals surface area (Å²) in [5.41, 5.74) is -0.681. The second-order valence-electron chi connectivity index (χ2n) is 4.81. The maximum absolute atomic E-state index is 12.5. The van der Waals surface area contributed by atoms with Crippen LogP contribution in [0.4, 0.5) is 0 Å². The fraction of sp³-hybridized carbons (Fsp3) is 0.538. The highest BCUT2D eigenvalue weighted by atomic mass is 32.1. The lowest BCUT2D eigenvalue weighted by Crippen LogP contribution is -2.60. The summed E-state index contributed by atoms with van der Waals surface area (Å²) in [6, 6.07) is 3.68. The Bertz CT molecular complexity index is 463. The van der Waals surface area contributed by atoms with Gasteiger partial charge in [-0.1, -0.05) is 18.9 Å². The van der Waals surface area contributed by atoms with Crippen LogP contribution in [-0.2, 0) is 9.53 Å². The summed E-state index contributed by atoms with van der Waals surface area (Å²) in [6.07, 6.45) is 3.46. The van der Waals surface area contributed by atoms with E-state index in [1.807, 2.05) is 17.5 Å². The van der Waals surface area contributed by atoms with Gasteiger partial charge < -0.3 is 9.64 Å². The molecule has 3 rings (SSSR count). The quantitative estimate of drug-likeness (QED) is 0.730. The normalized spacial score (nSPS) is 22.2. The first kappa shape index (κ1) is 11.7. The minimum atomic E-state index is -0.681. The minimum absolute atomic E-state index is 0.0245. The number of carbonyl (C=O) groups excluding carboxylic acids is 2. The molecule has 0 atom stereocenters. The molecule has 0 aromatic carbocycles. The molecule has 1 aromatic heterocycles. The lowest BCUT2D eigenvalue weighted by Gasteiger charge is -2.42. The van der Waals surface area contributed by atoms with Crippen molar-refractivity contribution in [1.29, 1.82) is 0 Å². The molecular formula is C13H15NO3S. The van der Waals surface area contributed by atoms with Crippen molar-refractivity contribution >= 4 is 23.2 Å². The smallest absolute Gasteiger partial charge is 0.332 e. The zero-order valence-corrected chi connectivity index (χ0v) is 10.9. The van der Waals surface area contributed by atoms with Crippen LogP contribution in [0.25, 0.3) is 0 Å². The Balaban J connectivity index is 1.93. The molecule has 1 saturated carbocycles. The van der Waals surface area contributed by atoms with Crippen LogP contribution in [-0.4, -0.2) is 35.5 Å². The Kier molecular flexibility index (Phi) is 2.86. The number of esters is 1. The van der Waals surface area contributed by atoms with Crippen LogP contribution in [0.5, 0.6) is 0 Å². The second kappa shape index (κ2) is 4.39. The van der Waals surface area contributed by atoms with Gasteiger partial charge in [-0.25, -0.2) is 4.79 Å². The first-order valence-electron chi connectivity index (χ1n) is 6.27. The van der Waals surface area contributed by atoms with Gasteiger partial charge in [-0.3, -0.25) is 4.79 Å². The highest BCUT2D eigenvalue weighted by molar-refractivity contribution is 7.12. The molecule has 96 valence electrons. The third kappa shape index (κ3) is 1.65. The van der Waals surface area contributed by atoms with E-state index in [0.717, 1.165) is 25.7 Å². The van der Waals surface area contributed by atoms with Gasteiger partial charge in [0.15, 0.2) is 0 Å². The molecule has 4 nitrogen and oxygen atoms in total. The minimum Gasteiger partial charge on any atom is -0.462 e. The Morgan fingerprint density at radius 3 is 2.83 bits per heavy atom. The summed E-state index contributed by atoms with van der Waals surface area (Å²) in [6.45, 7) is 0.834. The van der Waals surface area contributed by atoms with Crippen LogP contribution in [0, 0.1) is 0 Å². The summed E-state index contributed by atoms with van der Waals surface area (Å²) in [7, 11) is 0. The molecule has 5 heteroatoms. The Labute approximate surface area is 110 Å². The SMILES string of the molecule is O=C(c1cccs1)N1CCOC(=O)C12CCCC2. The van der Waals surface area contributed by atoms with Crippen molar-refractivity contribution in [3.63, 3.8) is 0 Å². The van der Waals surface area contributed by atoms with Crippen molar-refractivity contribution in [2.24, 2.45) is 0 Å². The molecule has 0 radical (unpaired) electrons. The average Bonchev–Trinajstić information content (AvgIpc) is 3.03. The first-order chi connectivity index (χ1) is 8.74. The van der Waals surface area contributed by atoms with Crippen LogP contribution < -0.4 is 0 Å².